The maximum Gasteiger partial charge on any atom is 0.168 e. The van der Waals surface area contributed by atoms with Gasteiger partial charge >= 0.3 is 0 Å². The molecule has 0 amide bonds. The summed E-state index contributed by atoms with van der Waals surface area (Å²) in [4.78, 5) is 0. The first kappa shape index (κ1) is 13.7. The van der Waals surface area contributed by atoms with Gasteiger partial charge in [0.25, 0.3) is 0 Å². The number of hydrogen-bond acceptors (Lipinski definition) is 3. The van der Waals surface area contributed by atoms with E-state index in [9.17, 15) is 5.11 Å². The van der Waals surface area contributed by atoms with Crippen molar-refractivity contribution in [1.82, 2.24) is 0 Å². The largest absolute Gasteiger partial charge is 0.388 e. The number of hydrogen-bond donors (Lipinski definition) is 1. The summed E-state index contributed by atoms with van der Waals surface area (Å²) in [7, 11) is -1.57. The van der Waals surface area contributed by atoms with Gasteiger partial charge in [0.05, 0.1) is 27.4 Å². The highest BCUT2D eigenvalue weighted by molar-refractivity contribution is 6.83. The third-order valence-corrected chi connectivity index (χ3v) is 4.92. The molecule has 1 heterocycles. The normalized spacial score (nSPS) is 21.6. The smallest absolute Gasteiger partial charge is 0.168 e. The number of rotatable bonds is 4. The van der Waals surface area contributed by atoms with Crippen LogP contribution in [0.1, 0.15) is 13.3 Å². The van der Waals surface area contributed by atoms with Gasteiger partial charge in [0, 0.05) is 6.42 Å². The minimum atomic E-state index is -1.57. The summed E-state index contributed by atoms with van der Waals surface area (Å²) in [5, 5.41) is 11.1. The van der Waals surface area contributed by atoms with Gasteiger partial charge in [-0.05, 0) is 12.1 Å². The van der Waals surface area contributed by atoms with E-state index in [2.05, 4.69) is 32.0 Å². The second kappa shape index (κ2) is 4.86. The first-order valence-corrected chi connectivity index (χ1v) is 9.15. The molecule has 16 heavy (non-hydrogen) atoms. The van der Waals surface area contributed by atoms with Crippen LogP contribution >= 0.6 is 0 Å². The predicted octanol–water partition coefficient (Wildman–Crippen LogP) is 2.09. The maximum absolute atomic E-state index is 10.2. The van der Waals surface area contributed by atoms with Crippen LogP contribution in [-0.2, 0) is 9.47 Å². The molecule has 4 heteroatoms. The highest BCUT2D eigenvalue weighted by Crippen LogP contribution is 2.28. The molecule has 0 spiro atoms. The Balaban J connectivity index is 2.71. The summed E-state index contributed by atoms with van der Waals surface area (Å²) in [6, 6.07) is 0. The molecule has 3 nitrogen and oxygen atoms in total. The van der Waals surface area contributed by atoms with Crippen molar-refractivity contribution in [3.8, 4) is 0 Å². The monoisotopic (exact) mass is 242 g/mol. The standard InChI is InChI=1S/C12H22O3Si/c1-6-11(16(3,4)5)10(13)9-12(2)14-7-8-15-12/h10,13H,1,7-9H2,2-5H3. The second-order valence-electron chi connectivity index (χ2n) is 5.39. The van der Waals surface area contributed by atoms with Gasteiger partial charge in [0.2, 0.25) is 0 Å². The zero-order valence-electron chi connectivity index (χ0n) is 10.7. The van der Waals surface area contributed by atoms with Gasteiger partial charge in [-0.2, -0.15) is 0 Å². The summed E-state index contributed by atoms with van der Waals surface area (Å²) in [6.07, 6.45) is -0.109. The summed E-state index contributed by atoms with van der Waals surface area (Å²) in [5.74, 6) is -0.652. The summed E-state index contributed by atoms with van der Waals surface area (Å²) >= 11 is 0. The van der Waals surface area contributed by atoms with Crippen molar-refractivity contribution in [2.45, 2.75) is 44.9 Å². The Morgan fingerprint density at radius 3 is 2.31 bits per heavy atom. The van der Waals surface area contributed by atoms with E-state index < -0.39 is 20.0 Å². The lowest BCUT2D eigenvalue weighted by Crippen LogP contribution is -2.38. The third-order valence-electron chi connectivity index (χ3n) is 2.79. The SMILES string of the molecule is C=C=C(C(O)CC1(C)OCCO1)[Si](C)(C)C. The minimum Gasteiger partial charge on any atom is -0.388 e. The fraction of sp³-hybridized carbons (Fsp3) is 0.750. The van der Waals surface area contributed by atoms with E-state index in [1.165, 1.54) is 0 Å². The van der Waals surface area contributed by atoms with E-state index >= 15 is 0 Å². The lowest BCUT2D eigenvalue weighted by atomic mass is 10.1. The Morgan fingerprint density at radius 2 is 1.94 bits per heavy atom. The number of aliphatic hydroxyl groups is 1. The van der Waals surface area contributed by atoms with Crippen LogP contribution in [0.15, 0.2) is 17.5 Å². The number of ether oxygens (including phenoxy) is 2. The van der Waals surface area contributed by atoms with Gasteiger partial charge in [-0.1, -0.05) is 26.2 Å². The van der Waals surface area contributed by atoms with E-state index in [-0.39, 0.29) is 0 Å². The topological polar surface area (TPSA) is 38.7 Å². The molecule has 0 aromatic heterocycles. The van der Waals surface area contributed by atoms with E-state index in [1.807, 2.05) is 6.92 Å². The van der Waals surface area contributed by atoms with E-state index in [0.29, 0.717) is 19.6 Å². The summed E-state index contributed by atoms with van der Waals surface area (Å²) in [5.41, 5.74) is 2.90. The van der Waals surface area contributed by atoms with Gasteiger partial charge in [-0.15, -0.1) is 5.73 Å². The van der Waals surface area contributed by atoms with E-state index in [1.54, 1.807) is 0 Å². The third kappa shape index (κ3) is 3.30. The molecule has 1 atom stereocenters. The van der Waals surface area contributed by atoms with Crippen LogP contribution in [0.4, 0.5) is 0 Å². The molecule has 0 radical (unpaired) electrons. The quantitative estimate of drug-likeness (QED) is 0.606. The Kier molecular flexibility index (Phi) is 4.15. The molecule has 0 aliphatic carbocycles. The molecule has 0 bridgehead atoms. The van der Waals surface area contributed by atoms with Crippen LogP contribution in [0.5, 0.6) is 0 Å². The fourth-order valence-electron chi connectivity index (χ4n) is 2.01. The van der Waals surface area contributed by atoms with Gasteiger partial charge in [0.15, 0.2) is 5.79 Å². The average molecular weight is 242 g/mol. The minimum absolute atomic E-state index is 0.453. The molecule has 1 rings (SSSR count). The predicted molar refractivity (Wildman–Crippen MR) is 66.9 cm³/mol. The molecule has 1 aliphatic heterocycles. The van der Waals surface area contributed by atoms with E-state index in [4.69, 9.17) is 9.47 Å². The van der Waals surface area contributed by atoms with Gasteiger partial charge in [-0.3, -0.25) is 0 Å². The molecular formula is C12H22O3Si. The second-order valence-corrected chi connectivity index (χ2v) is 10.4. The van der Waals surface area contributed by atoms with Crippen LogP contribution < -0.4 is 0 Å². The Hall–Kier alpha value is -0.383. The summed E-state index contributed by atoms with van der Waals surface area (Å²) < 4.78 is 11.0. The van der Waals surface area contributed by atoms with Crippen molar-refractivity contribution in [1.29, 1.82) is 0 Å². The van der Waals surface area contributed by atoms with E-state index in [0.717, 1.165) is 5.20 Å². The van der Waals surface area contributed by atoms with Crippen molar-refractivity contribution in [2.24, 2.45) is 0 Å². The highest BCUT2D eigenvalue weighted by atomic mass is 28.3. The maximum atomic E-state index is 10.2. The molecule has 1 aliphatic rings. The molecule has 1 saturated heterocycles. The molecule has 1 unspecified atom stereocenters. The lowest BCUT2D eigenvalue weighted by Gasteiger charge is -2.29. The van der Waals surface area contributed by atoms with Crippen molar-refractivity contribution in [3.05, 3.63) is 17.5 Å². The Morgan fingerprint density at radius 1 is 1.44 bits per heavy atom. The van der Waals surface area contributed by atoms with Crippen LogP contribution in [0.2, 0.25) is 19.6 Å². The zero-order chi connectivity index (χ0) is 12.4. The molecule has 1 fully saturated rings. The Bertz CT molecular complexity index is 294. The van der Waals surface area contributed by atoms with Crippen LogP contribution in [0.25, 0.3) is 0 Å². The molecule has 0 aromatic rings. The van der Waals surface area contributed by atoms with Crippen molar-refractivity contribution in [3.63, 3.8) is 0 Å². The van der Waals surface area contributed by atoms with Gasteiger partial charge in [-0.25, -0.2) is 0 Å². The fourth-order valence-corrected chi connectivity index (χ4v) is 3.64. The highest BCUT2D eigenvalue weighted by Gasteiger charge is 2.36. The molecule has 0 aromatic carbocycles. The first-order valence-electron chi connectivity index (χ1n) is 5.65. The lowest BCUT2D eigenvalue weighted by molar-refractivity contribution is -0.158. The van der Waals surface area contributed by atoms with Gasteiger partial charge < -0.3 is 14.6 Å². The van der Waals surface area contributed by atoms with Crippen LogP contribution in [0.3, 0.4) is 0 Å². The average Bonchev–Trinajstić information content (AvgIpc) is 2.49. The zero-order valence-corrected chi connectivity index (χ0v) is 11.7. The van der Waals surface area contributed by atoms with Crippen LogP contribution in [0, 0.1) is 0 Å². The van der Waals surface area contributed by atoms with Crippen molar-refractivity contribution in [2.75, 3.05) is 13.2 Å². The number of aliphatic hydroxyl groups excluding tert-OH is 1. The molecular weight excluding hydrogens is 220 g/mol. The van der Waals surface area contributed by atoms with Crippen molar-refractivity contribution >= 4 is 8.07 Å². The molecule has 1 N–H and O–H groups in total. The van der Waals surface area contributed by atoms with Crippen LogP contribution in [-0.4, -0.2) is 38.3 Å². The molecule has 92 valence electrons. The molecule has 0 saturated carbocycles. The Labute approximate surface area is 98.8 Å². The summed E-state index contributed by atoms with van der Waals surface area (Å²) in [6.45, 7) is 13.3. The van der Waals surface area contributed by atoms with Crippen molar-refractivity contribution < 1.29 is 14.6 Å². The van der Waals surface area contributed by atoms with Gasteiger partial charge in [0.1, 0.15) is 0 Å². The first-order chi connectivity index (χ1) is 7.28.